The molecule has 2 heterocycles. The van der Waals surface area contributed by atoms with Crippen LogP contribution in [-0.2, 0) is 4.74 Å². The van der Waals surface area contributed by atoms with E-state index in [0.717, 1.165) is 36.3 Å². The lowest BCUT2D eigenvalue weighted by atomic mass is 9.98. The number of benzene rings is 2. The fourth-order valence-corrected chi connectivity index (χ4v) is 3.99. The third-order valence-electron chi connectivity index (χ3n) is 5.81. The highest BCUT2D eigenvalue weighted by Gasteiger charge is 2.20. The molecule has 3 aromatic rings. The van der Waals surface area contributed by atoms with E-state index in [2.05, 4.69) is 84.5 Å². The average molecular weight is 377 g/mol. The second-order valence-electron chi connectivity index (χ2n) is 7.74. The van der Waals surface area contributed by atoms with E-state index in [-0.39, 0.29) is 6.04 Å². The SMILES string of the molecule is Cc1cccc([C@@H](C)Nc2nncc3ccc(N4CCOCC4C)cc23)c1C. The molecule has 0 saturated carbocycles. The maximum atomic E-state index is 5.59. The highest BCUT2D eigenvalue weighted by molar-refractivity contribution is 5.93. The first-order chi connectivity index (χ1) is 13.5. The fraction of sp³-hybridized carbons (Fsp3) is 0.391. The number of nitrogens with one attached hydrogen (secondary N) is 1. The van der Waals surface area contributed by atoms with Crippen molar-refractivity contribution in [1.29, 1.82) is 0 Å². The van der Waals surface area contributed by atoms with Crippen LogP contribution in [0.3, 0.4) is 0 Å². The van der Waals surface area contributed by atoms with Crippen LogP contribution >= 0.6 is 0 Å². The fourth-order valence-electron chi connectivity index (χ4n) is 3.99. The highest BCUT2D eigenvalue weighted by atomic mass is 16.5. The van der Waals surface area contributed by atoms with Gasteiger partial charge in [0.25, 0.3) is 0 Å². The lowest BCUT2D eigenvalue weighted by Crippen LogP contribution is -2.43. The Morgan fingerprint density at radius 2 is 2.07 bits per heavy atom. The largest absolute Gasteiger partial charge is 0.377 e. The van der Waals surface area contributed by atoms with Crippen LogP contribution < -0.4 is 10.2 Å². The molecule has 0 bridgehead atoms. The number of ether oxygens (including phenoxy) is 1. The van der Waals surface area contributed by atoms with Crippen molar-refractivity contribution in [2.75, 3.05) is 30.0 Å². The Bertz CT molecular complexity index is 987. The second-order valence-corrected chi connectivity index (χ2v) is 7.74. The molecule has 1 aliphatic heterocycles. The van der Waals surface area contributed by atoms with Crippen molar-refractivity contribution in [3.05, 3.63) is 59.3 Å². The average Bonchev–Trinajstić information content (AvgIpc) is 2.70. The van der Waals surface area contributed by atoms with Gasteiger partial charge in [-0.25, -0.2) is 0 Å². The van der Waals surface area contributed by atoms with Crippen molar-refractivity contribution < 1.29 is 4.74 Å². The minimum absolute atomic E-state index is 0.144. The lowest BCUT2D eigenvalue weighted by molar-refractivity contribution is 0.0989. The molecule has 1 saturated heterocycles. The van der Waals surface area contributed by atoms with E-state index >= 15 is 0 Å². The van der Waals surface area contributed by atoms with E-state index in [9.17, 15) is 0 Å². The second kappa shape index (κ2) is 7.76. The molecule has 146 valence electrons. The summed E-state index contributed by atoms with van der Waals surface area (Å²) < 4.78 is 5.59. The number of hydrogen-bond donors (Lipinski definition) is 1. The number of morpholine rings is 1. The summed E-state index contributed by atoms with van der Waals surface area (Å²) in [7, 11) is 0. The molecular weight excluding hydrogens is 348 g/mol. The summed E-state index contributed by atoms with van der Waals surface area (Å²) >= 11 is 0. The Labute approximate surface area is 166 Å². The molecule has 0 aliphatic carbocycles. The van der Waals surface area contributed by atoms with Gasteiger partial charge in [0.2, 0.25) is 0 Å². The first-order valence-corrected chi connectivity index (χ1v) is 9.97. The Morgan fingerprint density at radius 3 is 2.89 bits per heavy atom. The number of aryl methyl sites for hydroxylation is 1. The van der Waals surface area contributed by atoms with E-state index < -0.39 is 0 Å². The van der Waals surface area contributed by atoms with Crippen molar-refractivity contribution >= 4 is 22.3 Å². The minimum Gasteiger partial charge on any atom is -0.377 e. The molecule has 1 fully saturated rings. The van der Waals surface area contributed by atoms with Gasteiger partial charge in [0.15, 0.2) is 5.82 Å². The van der Waals surface area contributed by atoms with E-state index in [0.29, 0.717) is 6.04 Å². The molecule has 2 aromatic carbocycles. The third-order valence-corrected chi connectivity index (χ3v) is 5.81. The maximum absolute atomic E-state index is 5.59. The van der Waals surface area contributed by atoms with Gasteiger partial charge in [-0.15, -0.1) is 5.10 Å². The standard InChI is InChI=1S/C23H28N4O/c1-15-6-5-7-21(17(15)3)18(4)25-23-22-12-20(9-8-19(22)13-24-26-23)27-10-11-28-14-16(27)2/h5-9,12-13,16,18H,10-11,14H2,1-4H3,(H,25,26)/t16?,18-/m1/s1. The van der Waals surface area contributed by atoms with Crippen LogP contribution in [-0.4, -0.2) is 36.0 Å². The zero-order chi connectivity index (χ0) is 19.7. The molecule has 1 unspecified atom stereocenters. The molecule has 2 atom stereocenters. The van der Waals surface area contributed by atoms with Gasteiger partial charge in [0.1, 0.15) is 0 Å². The first-order valence-electron chi connectivity index (χ1n) is 9.97. The molecule has 5 heteroatoms. The summed E-state index contributed by atoms with van der Waals surface area (Å²) in [4.78, 5) is 2.40. The Hall–Kier alpha value is -2.66. The number of hydrogen-bond acceptors (Lipinski definition) is 5. The molecule has 1 aliphatic rings. The molecular formula is C23H28N4O. The van der Waals surface area contributed by atoms with Gasteiger partial charge < -0.3 is 15.0 Å². The molecule has 28 heavy (non-hydrogen) atoms. The smallest absolute Gasteiger partial charge is 0.157 e. The topological polar surface area (TPSA) is 50.3 Å². The van der Waals surface area contributed by atoms with Crippen molar-refractivity contribution in [2.24, 2.45) is 0 Å². The molecule has 0 spiro atoms. The summed E-state index contributed by atoms with van der Waals surface area (Å²) in [5.41, 5.74) is 5.12. The minimum atomic E-state index is 0.144. The molecule has 1 N–H and O–H groups in total. The molecule has 0 radical (unpaired) electrons. The number of fused-ring (bicyclic) bond motifs is 1. The Kier molecular flexibility index (Phi) is 5.18. The summed E-state index contributed by atoms with van der Waals surface area (Å²) in [6.07, 6.45) is 1.83. The van der Waals surface area contributed by atoms with Crippen LogP contribution in [0.25, 0.3) is 10.8 Å². The van der Waals surface area contributed by atoms with Crippen molar-refractivity contribution in [3.8, 4) is 0 Å². The number of aromatic nitrogens is 2. The van der Waals surface area contributed by atoms with Crippen molar-refractivity contribution in [3.63, 3.8) is 0 Å². The Morgan fingerprint density at radius 1 is 1.21 bits per heavy atom. The lowest BCUT2D eigenvalue weighted by Gasteiger charge is -2.35. The van der Waals surface area contributed by atoms with Gasteiger partial charge in [0.05, 0.1) is 25.5 Å². The quantitative estimate of drug-likeness (QED) is 0.719. The van der Waals surface area contributed by atoms with Crippen molar-refractivity contribution in [2.45, 2.75) is 39.8 Å². The van der Waals surface area contributed by atoms with Crippen molar-refractivity contribution in [1.82, 2.24) is 10.2 Å². The molecule has 4 rings (SSSR count). The van der Waals surface area contributed by atoms with E-state index in [1.165, 1.54) is 22.4 Å². The first kappa shape index (κ1) is 18.7. The van der Waals surface area contributed by atoms with Gasteiger partial charge in [-0.05, 0) is 56.5 Å². The van der Waals surface area contributed by atoms with Gasteiger partial charge >= 0.3 is 0 Å². The zero-order valence-electron chi connectivity index (χ0n) is 17.1. The normalized spacial score (nSPS) is 18.3. The van der Waals surface area contributed by atoms with Crippen LogP contribution in [0.2, 0.25) is 0 Å². The summed E-state index contributed by atoms with van der Waals surface area (Å²) in [5, 5.41) is 14.4. The third kappa shape index (κ3) is 3.54. The van der Waals surface area contributed by atoms with E-state index in [1.54, 1.807) is 0 Å². The summed E-state index contributed by atoms with van der Waals surface area (Å²) in [6.45, 7) is 11.2. The zero-order valence-corrected chi connectivity index (χ0v) is 17.1. The molecule has 5 nitrogen and oxygen atoms in total. The van der Waals surface area contributed by atoms with Gasteiger partial charge in [-0.2, -0.15) is 5.10 Å². The van der Waals surface area contributed by atoms with Gasteiger partial charge in [0, 0.05) is 29.0 Å². The Balaban J connectivity index is 1.68. The highest BCUT2D eigenvalue weighted by Crippen LogP contribution is 2.30. The number of anilines is 2. The predicted molar refractivity (Wildman–Crippen MR) is 115 cm³/mol. The van der Waals surface area contributed by atoms with Crippen LogP contribution in [0.5, 0.6) is 0 Å². The maximum Gasteiger partial charge on any atom is 0.157 e. The van der Waals surface area contributed by atoms with E-state index in [1.807, 2.05) is 6.20 Å². The van der Waals surface area contributed by atoms with Gasteiger partial charge in [-0.3, -0.25) is 0 Å². The summed E-state index contributed by atoms with van der Waals surface area (Å²) in [5.74, 6) is 0.827. The molecule has 0 amide bonds. The number of nitrogens with zero attached hydrogens (tertiary/aromatic N) is 3. The summed E-state index contributed by atoms with van der Waals surface area (Å²) in [6, 6.07) is 13.5. The van der Waals surface area contributed by atoms with Crippen LogP contribution in [0.15, 0.2) is 42.6 Å². The van der Waals surface area contributed by atoms with E-state index in [4.69, 9.17) is 4.74 Å². The van der Waals surface area contributed by atoms with Crippen LogP contribution in [0, 0.1) is 13.8 Å². The van der Waals surface area contributed by atoms with Crippen LogP contribution in [0.1, 0.15) is 36.6 Å². The molecule has 1 aromatic heterocycles. The number of rotatable bonds is 4. The van der Waals surface area contributed by atoms with Crippen LogP contribution in [0.4, 0.5) is 11.5 Å². The monoisotopic (exact) mass is 376 g/mol. The predicted octanol–water partition coefficient (Wildman–Crippen LogP) is 4.64. The van der Waals surface area contributed by atoms with Gasteiger partial charge in [-0.1, -0.05) is 24.3 Å².